The highest BCUT2D eigenvalue weighted by molar-refractivity contribution is 6.09. The number of rotatable bonds is 3. The molecule has 0 radical (unpaired) electrons. The van der Waals surface area contributed by atoms with E-state index in [0.29, 0.717) is 0 Å². The maximum Gasteiger partial charge on any atom is 0.340 e. The van der Waals surface area contributed by atoms with Crippen LogP contribution in [0.4, 0.5) is 10.1 Å². The Balaban J connectivity index is 2.36. The van der Waals surface area contributed by atoms with Crippen LogP contribution >= 0.6 is 0 Å². The van der Waals surface area contributed by atoms with Gasteiger partial charge in [-0.05, 0) is 18.2 Å². The van der Waals surface area contributed by atoms with Crippen LogP contribution in [-0.4, -0.2) is 27.1 Å². The molecule has 0 saturated heterocycles. The summed E-state index contributed by atoms with van der Waals surface area (Å²) in [5.41, 5.74) is -0.936. The molecule has 2 aromatic rings. The fourth-order valence-corrected chi connectivity index (χ4v) is 1.61. The van der Waals surface area contributed by atoms with Crippen LogP contribution in [0, 0.1) is 5.82 Å². The van der Waals surface area contributed by atoms with Gasteiger partial charge in [0.2, 0.25) is 0 Å². The van der Waals surface area contributed by atoms with Crippen LogP contribution in [0.5, 0.6) is 5.75 Å². The third kappa shape index (κ3) is 2.56. The van der Waals surface area contributed by atoms with Crippen molar-refractivity contribution in [1.82, 2.24) is 4.98 Å². The van der Waals surface area contributed by atoms with Gasteiger partial charge in [0.1, 0.15) is 17.1 Å². The summed E-state index contributed by atoms with van der Waals surface area (Å²) in [7, 11) is 0. The smallest absolute Gasteiger partial charge is 0.340 e. The summed E-state index contributed by atoms with van der Waals surface area (Å²) in [4.78, 5) is 26.5. The van der Waals surface area contributed by atoms with E-state index < -0.39 is 23.3 Å². The van der Waals surface area contributed by atoms with Crippen molar-refractivity contribution in [2.24, 2.45) is 0 Å². The van der Waals surface area contributed by atoms with Gasteiger partial charge in [-0.1, -0.05) is 6.07 Å². The molecule has 0 unspecified atom stereocenters. The van der Waals surface area contributed by atoms with Crippen LogP contribution < -0.4 is 5.32 Å². The van der Waals surface area contributed by atoms with Crippen LogP contribution in [0.2, 0.25) is 0 Å². The second-order valence-corrected chi connectivity index (χ2v) is 3.81. The summed E-state index contributed by atoms with van der Waals surface area (Å²) in [5, 5.41) is 20.7. The number of hydrogen-bond donors (Lipinski definition) is 3. The molecule has 1 heterocycles. The largest absolute Gasteiger partial charge is 0.505 e. The monoisotopic (exact) mass is 276 g/mol. The number of carbonyl (C=O) groups excluding carboxylic acids is 1. The predicted molar refractivity (Wildman–Crippen MR) is 67.2 cm³/mol. The molecule has 0 spiro atoms. The number of hydrogen-bond acceptors (Lipinski definition) is 4. The molecule has 1 aromatic heterocycles. The third-order valence-electron chi connectivity index (χ3n) is 2.52. The Labute approximate surface area is 112 Å². The van der Waals surface area contributed by atoms with Gasteiger partial charge in [-0.3, -0.25) is 9.78 Å². The third-order valence-corrected chi connectivity index (χ3v) is 2.52. The molecule has 0 saturated carbocycles. The number of nitrogens with one attached hydrogen (secondary N) is 1. The summed E-state index contributed by atoms with van der Waals surface area (Å²) in [5.74, 6) is -3.59. The maximum atomic E-state index is 13.4. The Morgan fingerprint density at radius 1 is 1.25 bits per heavy atom. The molecule has 0 bridgehead atoms. The SMILES string of the molecule is O=C(Nc1cccc(F)c1C(=O)O)c1ccncc1O. The highest BCUT2D eigenvalue weighted by Gasteiger charge is 2.19. The zero-order valence-electron chi connectivity index (χ0n) is 10.0. The molecule has 102 valence electrons. The van der Waals surface area contributed by atoms with Crippen LogP contribution in [0.15, 0.2) is 36.7 Å². The number of carboxylic acids is 1. The highest BCUT2D eigenvalue weighted by atomic mass is 19.1. The van der Waals surface area contributed by atoms with Gasteiger partial charge in [-0.2, -0.15) is 0 Å². The van der Waals surface area contributed by atoms with E-state index in [1.54, 1.807) is 0 Å². The van der Waals surface area contributed by atoms with E-state index in [1.807, 2.05) is 0 Å². The lowest BCUT2D eigenvalue weighted by molar-refractivity contribution is 0.0693. The first-order chi connectivity index (χ1) is 9.50. The lowest BCUT2D eigenvalue weighted by Crippen LogP contribution is -2.16. The number of aromatic nitrogens is 1. The topological polar surface area (TPSA) is 99.5 Å². The molecular formula is C13H9FN2O4. The molecule has 6 nitrogen and oxygen atoms in total. The van der Waals surface area contributed by atoms with Crippen LogP contribution in [0.1, 0.15) is 20.7 Å². The van der Waals surface area contributed by atoms with Gasteiger partial charge in [-0.15, -0.1) is 0 Å². The highest BCUT2D eigenvalue weighted by Crippen LogP contribution is 2.21. The molecule has 0 aliphatic rings. The Morgan fingerprint density at radius 2 is 2.00 bits per heavy atom. The summed E-state index contributed by atoms with van der Waals surface area (Å²) in [6.07, 6.45) is 2.36. The zero-order chi connectivity index (χ0) is 14.7. The van der Waals surface area contributed by atoms with E-state index in [1.165, 1.54) is 24.4 Å². The van der Waals surface area contributed by atoms with Gasteiger partial charge in [0.15, 0.2) is 0 Å². The standard InChI is InChI=1S/C13H9FN2O4/c14-8-2-1-3-9(11(8)13(19)20)16-12(18)7-4-5-15-6-10(7)17/h1-6,17H,(H,16,18)(H,19,20). The number of amides is 1. The van der Waals surface area contributed by atoms with Crippen molar-refractivity contribution in [3.63, 3.8) is 0 Å². The fourth-order valence-electron chi connectivity index (χ4n) is 1.61. The van der Waals surface area contributed by atoms with Crippen molar-refractivity contribution in [3.8, 4) is 5.75 Å². The first-order valence-corrected chi connectivity index (χ1v) is 5.47. The molecule has 0 fully saturated rings. The Kier molecular flexibility index (Phi) is 3.60. The van der Waals surface area contributed by atoms with E-state index in [4.69, 9.17) is 5.11 Å². The number of aromatic hydroxyl groups is 1. The second-order valence-electron chi connectivity index (χ2n) is 3.81. The minimum Gasteiger partial charge on any atom is -0.505 e. The molecule has 7 heteroatoms. The number of nitrogens with zero attached hydrogens (tertiary/aromatic N) is 1. The molecular weight excluding hydrogens is 267 g/mol. The first-order valence-electron chi connectivity index (χ1n) is 5.47. The predicted octanol–water partition coefficient (Wildman–Crippen LogP) is 1.88. The van der Waals surface area contributed by atoms with E-state index in [0.717, 1.165) is 12.3 Å². The molecule has 3 N–H and O–H groups in total. The molecule has 2 rings (SSSR count). The number of anilines is 1. The van der Waals surface area contributed by atoms with Crippen molar-refractivity contribution in [1.29, 1.82) is 0 Å². The lowest BCUT2D eigenvalue weighted by atomic mass is 10.1. The lowest BCUT2D eigenvalue weighted by Gasteiger charge is -2.09. The summed E-state index contributed by atoms with van der Waals surface area (Å²) in [6.45, 7) is 0. The van der Waals surface area contributed by atoms with Crippen molar-refractivity contribution in [3.05, 3.63) is 53.6 Å². The van der Waals surface area contributed by atoms with Crippen LogP contribution in [-0.2, 0) is 0 Å². The molecule has 0 aliphatic carbocycles. The average Bonchev–Trinajstić information content (AvgIpc) is 2.38. The number of pyridine rings is 1. The van der Waals surface area contributed by atoms with E-state index in [2.05, 4.69) is 10.3 Å². The normalized spacial score (nSPS) is 10.1. The number of carboxylic acid groups (broad SMARTS) is 1. The fraction of sp³-hybridized carbons (Fsp3) is 0. The Morgan fingerprint density at radius 3 is 2.65 bits per heavy atom. The van der Waals surface area contributed by atoms with E-state index in [9.17, 15) is 19.1 Å². The quantitative estimate of drug-likeness (QED) is 0.794. The Bertz CT molecular complexity index is 688. The van der Waals surface area contributed by atoms with Gasteiger partial charge < -0.3 is 15.5 Å². The first kappa shape index (κ1) is 13.5. The summed E-state index contributed by atoms with van der Waals surface area (Å²) < 4.78 is 13.4. The average molecular weight is 276 g/mol. The van der Waals surface area contributed by atoms with E-state index >= 15 is 0 Å². The molecule has 1 amide bonds. The molecule has 0 aliphatic heterocycles. The summed E-state index contributed by atoms with van der Waals surface area (Å²) in [6, 6.07) is 4.75. The zero-order valence-corrected chi connectivity index (χ0v) is 10.0. The summed E-state index contributed by atoms with van der Waals surface area (Å²) >= 11 is 0. The number of carbonyl (C=O) groups is 2. The maximum absolute atomic E-state index is 13.4. The van der Waals surface area contributed by atoms with Gasteiger partial charge >= 0.3 is 5.97 Å². The van der Waals surface area contributed by atoms with Gasteiger partial charge in [0, 0.05) is 6.20 Å². The van der Waals surface area contributed by atoms with Gasteiger partial charge in [-0.25, -0.2) is 9.18 Å². The number of halogens is 1. The number of benzene rings is 1. The van der Waals surface area contributed by atoms with Crippen molar-refractivity contribution >= 4 is 17.6 Å². The second kappa shape index (κ2) is 5.35. The molecule has 20 heavy (non-hydrogen) atoms. The van der Waals surface area contributed by atoms with Gasteiger partial charge in [0.05, 0.1) is 17.4 Å². The number of aromatic carboxylic acids is 1. The van der Waals surface area contributed by atoms with Crippen LogP contribution in [0.25, 0.3) is 0 Å². The van der Waals surface area contributed by atoms with Crippen molar-refractivity contribution < 1.29 is 24.2 Å². The van der Waals surface area contributed by atoms with E-state index in [-0.39, 0.29) is 17.0 Å². The van der Waals surface area contributed by atoms with Crippen molar-refractivity contribution in [2.45, 2.75) is 0 Å². The van der Waals surface area contributed by atoms with Crippen molar-refractivity contribution in [2.75, 3.05) is 5.32 Å². The Hall–Kier alpha value is -2.96. The minimum absolute atomic E-state index is 0.0967. The molecule has 1 aromatic carbocycles. The van der Waals surface area contributed by atoms with Crippen LogP contribution in [0.3, 0.4) is 0 Å². The van der Waals surface area contributed by atoms with Gasteiger partial charge in [0.25, 0.3) is 5.91 Å². The minimum atomic E-state index is -1.50. The molecule has 0 atom stereocenters.